The fourth-order valence-electron chi connectivity index (χ4n) is 1.74. The number of rotatable bonds is 5. The highest BCUT2D eigenvalue weighted by atomic mass is 35.5. The zero-order valence-electron chi connectivity index (χ0n) is 10.3. The molecule has 0 aliphatic heterocycles. The van der Waals surface area contributed by atoms with E-state index in [-0.39, 0.29) is 5.92 Å². The van der Waals surface area contributed by atoms with Gasteiger partial charge in [0.05, 0.1) is 0 Å². The quantitative estimate of drug-likeness (QED) is 0.903. The molecule has 4 nitrogen and oxygen atoms in total. The second-order valence-corrected chi connectivity index (χ2v) is 4.77. The third-order valence-electron chi connectivity index (χ3n) is 2.76. The highest BCUT2D eigenvalue weighted by Gasteiger charge is 2.13. The zero-order valence-corrected chi connectivity index (χ0v) is 11.0. The molecule has 18 heavy (non-hydrogen) atoms. The van der Waals surface area contributed by atoms with Gasteiger partial charge in [-0.05, 0) is 30.7 Å². The monoisotopic (exact) mass is 265 g/mol. The Morgan fingerprint density at radius 2 is 2.28 bits per heavy atom. The molecule has 1 aromatic carbocycles. The van der Waals surface area contributed by atoms with Gasteiger partial charge in [-0.3, -0.25) is 0 Å². The van der Waals surface area contributed by atoms with Gasteiger partial charge in [0, 0.05) is 17.4 Å². The Morgan fingerprint density at radius 1 is 1.44 bits per heavy atom. The molecule has 0 saturated heterocycles. The molecule has 96 valence electrons. The van der Waals surface area contributed by atoms with E-state index in [1.165, 1.54) is 0 Å². The number of hydrogen-bond acceptors (Lipinski definition) is 4. The summed E-state index contributed by atoms with van der Waals surface area (Å²) in [5, 5.41) is 4.69. The molecule has 0 fully saturated rings. The van der Waals surface area contributed by atoms with Gasteiger partial charge >= 0.3 is 0 Å². The minimum Gasteiger partial charge on any atom is -0.339 e. The Bertz CT molecular complexity index is 512. The summed E-state index contributed by atoms with van der Waals surface area (Å²) in [6.45, 7) is 2.65. The lowest BCUT2D eigenvalue weighted by Gasteiger charge is -2.01. The maximum atomic E-state index is 5.93. The summed E-state index contributed by atoms with van der Waals surface area (Å²) in [5.74, 6) is 1.53. The van der Waals surface area contributed by atoms with E-state index < -0.39 is 0 Å². The second kappa shape index (κ2) is 5.98. The maximum Gasteiger partial charge on any atom is 0.229 e. The SMILES string of the molecule is CC(CCN)c1nc(Cc2cccc(Cl)c2)no1. The van der Waals surface area contributed by atoms with Crippen LogP contribution in [0.2, 0.25) is 5.02 Å². The van der Waals surface area contributed by atoms with Gasteiger partial charge in [-0.1, -0.05) is 35.8 Å². The molecule has 2 aromatic rings. The molecule has 0 saturated carbocycles. The van der Waals surface area contributed by atoms with Crippen LogP contribution in [0.1, 0.15) is 36.5 Å². The Balaban J connectivity index is 2.06. The van der Waals surface area contributed by atoms with E-state index in [0.717, 1.165) is 12.0 Å². The summed E-state index contributed by atoms with van der Waals surface area (Å²) in [5.41, 5.74) is 6.58. The molecule has 0 amide bonds. The normalized spacial score (nSPS) is 12.6. The van der Waals surface area contributed by atoms with Crippen LogP contribution >= 0.6 is 11.6 Å². The molecular formula is C13H16ClN3O. The second-order valence-electron chi connectivity index (χ2n) is 4.33. The molecule has 1 heterocycles. The first-order chi connectivity index (χ1) is 8.69. The molecule has 1 unspecified atom stereocenters. The number of aromatic nitrogens is 2. The summed E-state index contributed by atoms with van der Waals surface area (Å²) >= 11 is 5.93. The van der Waals surface area contributed by atoms with Gasteiger partial charge in [0.25, 0.3) is 0 Å². The molecule has 0 bridgehead atoms. The molecule has 0 aliphatic carbocycles. The average molecular weight is 266 g/mol. The third kappa shape index (κ3) is 3.31. The molecule has 0 aliphatic rings. The fourth-order valence-corrected chi connectivity index (χ4v) is 1.96. The van der Waals surface area contributed by atoms with E-state index in [9.17, 15) is 0 Å². The maximum absolute atomic E-state index is 5.93. The number of benzene rings is 1. The Morgan fingerprint density at radius 3 is 3.00 bits per heavy atom. The van der Waals surface area contributed by atoms with Crippen molar-refractivity contribution in [2.45, 2.75) is 25.7 Å². The van der Waals surface area contributed by atoms with Crippen molar-refractivity contribution in [3.63, 3.8) is 0 Å². The van der Waals surface area contributed by atoms with Crippen molar-refractivity contribution in [2.75, 3.05) is 6.54 Å². The van der Waals surface area contributed by atoms with Crippen LogP contribution in [0.15, 0.2) is 28.8 Å². The van der Waals surface area contributed by atoms with Crippen molar-refractivity contribution >= 4 is 11.6 Å². The largest absolute Gasteiger partial charge is 0.339 e. The number of halogens is 1. The molecule has 1 atom stereocenters. The van der Waals surface area contributed by atoms with Crippen molar-refractivity contribution in [1.29, 1.82) is 0 Å². The van der Waals surface area contributed by atoms with Crippen LogP contribution in [0, 0.1) is 0 Å². The van der Waals surface area contributed by atoms with Gasteiger partial charge in [-0.25, -0.2) is 0 Å². The van der Waals surface area contributed by atoms with Crippen LogP contribution < -0.4 is 5.73 Å². The topological polar surface area (TPSA) is 64.9 Å². The van der Waals surface area contributed by atoms with E-state index in [1.807, 2.05) is 31.2 Å². The summed E-state index contributed by atoms with van der Waals surface area (Å²) < 4.78 is 5.23. The van der Waals surface area contributed by atoms with Crippen LogP contribution in [-0.2, 0) is 6.42 Å². The van der Waals surface area contributed by atoms with Gasteiger partial charge in [0.15, 0.2) is 5.82 Å². The highest BCUT2D eigenvalue weighted by Crippen LogP contribution is 2.18. The van der Waals surface area contributed by atoms with Crippen LogP contribution in [0.4, 0.5) is 0 Å². The number of hydrogen-bond donors (Lipinski definition) is 1. The predicted molar refractivity (Wildman–Crippen MR) is 70.6 cm³/mol. The van der Waals surface area contributed by atoms with Gasteiger partial charge < -0.3 is 10.3 Å². The molecule has 5 heteroatoms. The predicted octanol–water partition coefficient (Wildman–Crippen LogP) is 2.77. The summed E-state index contributed by atoms with van der Waals surface area (Å²) in [6.07, 6.45) is 1.47. The Hall–Kier alpha value is -1.39. The molecule has 2 rings (SSSR count). The van der Waals surface area contributed by atoms with E-state index in [4.69, 9.17) is 21.9 Å². The number of nitrogens with two attached hydrogens (primary N) is 1. The van der Waals surface area contributed by atoms with Crippen molar-refractivity contribution in [3.05, 3.63) is 46.6 Å². The van der Waals surface area contributed by atoms with Gasteiger partial charge in [0.2, 0.25) is 5.89 Å². The van der Waals surface area contributed by atoms with Crippen molar-refractivity contribution < 1.29 is 4.52 Å². The number of nitrogens with zero attached hydrogens (tertiary/aromatic N) is 2. The minimum atomic E-state index is 0.204. The molecule has 0 radical (unpaired) electrons. The highest BCUT2D eigenvalue weighted by molar-refractivity contribution is 6.30. The lowest BCUT2D eigenvalue weighted by molar-refractivity contribution is 0.351. The minimum absolute atomic E-state index is 0.204. The first-order valence-electron chi connectivity index (χ1n) is 5.96. The summed E-state index contributed by atoms with van der Waals surface area (Å²) in [4.78, 5) is 4.38. The van der Waals surface area contributed by atoms with E-state index >= 15 is 0 Å². The van der Waals surface area contributed by atoms with Gasteiger partial charge in [0.1, 0.15) is 0 Å². The molecule has 1 aromatic heterocycles. The molecular weight excluding hydrogens is 250 g/mol. The molecule has 0 spiro atoms. The summed E-state index contributed by atoms with van der Waals surface area (Å²) in [6, 6.07) is 7.65. The Labute approximate surface area is 111 Å². The van der Waals surface area contributed by atoms with Gasteiger partial charge in [-0.15, -0.1) is 0 Å². The Kier molecular flexibility index (Phi) is 4.33. The lowest BCUT2D eigenvalue weighted by atomic mass is 10.1. The van der Waals surface area contributed by atoms with E-state index in [1.54, 1.807) is 0 Å². The van der Waals surface area contributed by atoms with E-state index in [0.29, 0.717) is 29.7 Å². The third-order valence-corrected chi connectivity index (χ3v) is 2.99. The first-order valence-corrected chi connectivity index (χ1v) is 6.34. The van der Waals surface area contributed by atoms with Crippen LogP contribution in [0.3, 0.4) is 0 Å². The van der Waals surface area contributed by atoms with Crippen LogP contribution in [0.5, 0.6) is 0 Å². The lowest BCUT2D eigenvalue weighted by Crippen LogP contribution is -2.04. The smallest absolute Gasteiger partial charge is 0.229 e. The van der Waals surface area contributed by atoms with Gasteiger partial charge in [-0.2, -0.15) is 4.98 Å². The van der Waals surface area contributed by atoms with Crippen LogP contribution in [-0.4, -0.2) is 16.7 Å². The standard InChI is InChI=1S/C13H16ClN3O/c1-9(5-6-15)13-16-12(17-18-13)8-10-3-2-4-11(14)7-10/h2-4,7,9H,5-6,8,15H2,1H3. The van der Waals surface area contributed by atoms with Crippen LogP contribution in [0.25, 0.3) is 0 Å². The van der Waals surface area contributed by atoms with Crippen molar-refractivity contribution in [2.24, 2.45) is 5.73 Å². The molecule has 2 N–H and O–H groups in total. The first kappa shape index (κ1) is 13.1. The average Bonchev–Trinajstić information content (AvgIpc) is 2.78. The van der Waals surface area contributed by atoms with Crippen molar-refractivity contribution in [1.82, 2.24) is 10.1 Å². The fraction of sp³-hybridized carbons (Fsp3) is 0.385. The van der Waals surface area contributed by atoms with E-state index in [2.05, 4.69) is 10.1 Å². The zero-order chi connectivity index (χ0) is 13.0. The summed E-state index contributed by atoms with van der Waals surface area (Å²) in [7, 11) is 0. The van der Waals surface area contributed by atoms with Crippen molar-refractivity contribution in [3.8, 4) is 0 Å².